The molecule has 0 atom stereocenters. The van der Waals surface area contributed by atoms with Gasteiger partial charge in [0.2, 0.25) is 10.0 Å². The van der Waals surface area contributed by atoms with Gasteiger partial charge in [-0.1, -0.05) is 18.2 Å². The molecular formula is C20H23F3N2O3S. The van der Waals surface area contributed by atoms with E-state index in [4.69, 9.17) is 4.74 Å². The van der Waals surface area contributed by atoms with Crippen LogP contribution >= 0.6 is 0 Å². The van der Waals surface area contributed by atoms with E-state index in [1.807, 2.05) is 0 Å². The zero-order valence-electron chi connectivity index (χ0n) is 15.9. The first-order chi connectivity index (χ1) is 13.6. The van der Waals surface area contributed by atoms with Gasteiger partial charge in [0.1, 0.15) is 0 Å². The third-order valence-electron chi connectivity index (χ3n) is 5.02. The average molecular weight is 428 g/mol. The first-order valence-electron chi connectivity index (χ1n) is 9.33. The molecule has 1 N–H and O–H groups in total. The maximum Gasteiger partial charge on any atom is 0.416 e. The Morgan fingerprint density at radius 2 is 1.79 bits per heavy atom. The van der Waals surface area contributed by atoms with Crippen molar-refractivity contribution >= 4 is 15.7 Å². The summed E-state index contributed by atoms with van der Waals surface area (Å²) in [5, 5.41) is 0. The molecule has 1 saturated carbocycles. The fraction of sp³-hybridized carbons (Fsp3) is 0.450. The standard InChI is InChI=1S/C20H23F3N2O3S/c1-29(26,27)25-18-7-4-12-24-19(18)13-28-15-10-8-14(9-11-15)16-5-2-3-6-17(16)20(21,22)23/h2-7,12,14-15,25H,8-11,13H2,1H3. The Labute approximate surface area is 168 Å². The van der Waals surface area contributed by atoms with Crippen molar-refractivity contribution < 1.29 is 26.3 Å². The van der Waals surface area contributed by atoms with Crippen molar-refractivity contribution in [2.24, 2.45) is 0 Å². The van der Waals surface area contributed by atoms with E-state index in [2.05, 4.69) is 9.71 Å². The predicted octanol–water partition coefficient (Wildman–Crippen LogP) is 4.71. The minimum Gasteiger partial charge on any atom is -0.372 e. The van der Waals surface area contributed by atoms with Crippen LogP contribution in [-0.4, -0.2) is 25.8 Å². The molecule has 0 bridgehead atoms. The Kier molecular flexibility index (Phi) is 6.48. The average Bonchev–Trinajstić information content (AvgIpc) is 2.66. The van der Waals surface area contributed by atoms with Crippen LogP contribution in [0, 0.1) is 0 Å². The van der Waals surface area contributed by atoms with E-state index in [0.717, 1.165) is 12.3 Å². The van der Waals surface area contributed by atoms with Gasteiger partial charge in [0, 0.05) is 6.20 Å². The highest BCUT2D eigenvalue weighted by molar-refractivity contribution is 7.92. The van der Waals surface area contributed by atoms with Crippen LogP contribution in [0.15, 0.2) is 42.6 Å². The fourth-order valence-corrected chi connectivity index (χ4v) is 4.28. The highest BCUT2D eigenvalue weighted by Crippen LogP contribution is 2.41. The van der Waals surface area contributed by atoms with Crippen LogP contribution in [0.4, 0.5) is 18.9 Å². The molecule has 1 fully saturated rings. The smallest absolute Gasteiger partial charge is 0.372 e. The van der Waals surface area contributed by atoms with Crippen LogP contribution in [0.25, 0.3) is 0 Å². The highest BCUT2D eigenvalue weighted by atomic mass is 32.2. The number of hydrogen-bond acceptors (Lipinski definition) is 4. The van der Waals surface area contributed by atoms with Crippen molar-refractivity contribution in [3.05, 3.63) is 59.4 Å². The van der Waals surface area contributed by atoms with Gasteiger partial charge in [-0.25, -0.2) is 8.42 Å². The molecule has 2 aromatic rings. The molecule has 1 aliphatic carbocycles. The Morgan fingerprint density at radius 1 is 1.10 bits per heavy atom. The SMILES string of the molecule is CS(=O)(=O)Nc1cccnc1COC1CCC(c2ccccc2C(F)(F)F)CC1. The van der Waals surface area contributed by atoms with E-state index in [1.54, 1.807) is 30.5 Å². The van der Waals surface area contributed by atoms with Gasteiger partial charge >= 0.3 is 6.18 Å². The van der Waals surface area contributed by atoms with Crippen molar-refractivity contribution in [1.82, 2.24) is 4.98 Å². The summed E-state index contributed by atoms with van der Waals surface area (Å²) in [6.07, 6.45) is 0.644. The topological polar surface area (TPSA) is 68.3 Å². The normalized spacial score (nSPS) is 20.4. The van der Waals surface area contributed by atoms with Crippen LogP contribution in [0.3, 0.4) is 0 Å². The van der Waals surface area contributed by atoms with Crippen molar-refractivity contribution in [3.63, 3.8) is 0 Å². The minimum atomic E-state index is -4.36. The van der Waals surface area contributed by atoms with E-state index in [0.29, 0.717) is 42.6 Å². The number of sulfonamides is 1. The summed E-state index contributed by atoms with van der Waals surface area (Å²) in [6, 6.07) is 8.99. The maximum atomic E-state index is 13.3. The van der Waals surface area contributed by atoms with E-state index in [1.165, 1.54) is 6.07 Å². The molecule has 0 amide bonds. The van der Waals surface area contributed by atoms with Crippen LogP contribution in [-0.2, 0) is 27.5 Å². The lowest BCUT2D eigenvalue weighted by Gasteiger charge is -2.30. The van der Waals surface area contributed by atoms with Crippen LogP contribution in [0.5, 0.6) is 0 Å². The molecule has 29 heavy (non-hydrogen) atoms. The molecule has 0 aliphatic heterocycles. The summed E-state index contributed by atoms with van der Waals surface area (Å²) < 4.78 is 71.0. The van der Waals surface area contributed by atoms with Gasteiger partial charge in [0.25, 0.3) is 0 Å². The zero-order valence-corrected chi connectivity index (χ0v) is 16.8. The van der Waals surface area contributed by atoms with E-state index >= 15 is 0 Å². The second-order valence-corrected chi connectivity index (χ2v) is 8.99. The van der Waals surface area contributed by atoms with Crippen molar-refractivity contribution in [3.8, 4) is 0 Å². The molecule has 1 aromatic carbocycles. The number of benzene rings is 1. The summed E-state index contributed by atoms with van der Waals surface area (Å²) in [7, 11) is -3.43. The molecule has 0 saturated heterocycles. The Morgan fingerprint density at radius 3 is 2.45 bits per heavy atom. The second-order valence-electron chi connectivity index (χ2n) is 7.24. The highest BCUT2D eigenvalue weighted by Gasteiger charge is 2.36. The predicted molar refractivity (Wildman–Crippen MR) is 104 cm³/mol. The Bertz CT molecular complexity index is 940. The van der Waals surface area contributed by atoms with Gasteiger partial charge in [0.15, 0.2) is 0 Å². The largest absolute Gasteiger partial charge is 0.416 e. The minimum absolute atomic E-state index is 0.0996. The first kappa shape index (κ1) is 21.6. The zero-order chi connectivity index (χ0) is 21.1. The number of halogens is 3. The number of rotatable bonds is 6. The number of pyridine rings is 1. The molecule has 1 heterocycles. The number of ether oxygens (including phenoxy) is 1. The number of alkyl halides is 3. The third kappa shape index (κ3) is 5.93. The second kappa shape index (κ2) is 8.71. The molecule has 5 nitrogen and oxygen atoms in total. The fourth-order valence-electron chi connectivity index (χ4n) is 3.69. The van der Waals surface area contributed by atoms with Gasteiger partial charge in [-0.2, -0.15) is 13.2 Å². The number of nitrogens with zero attached hydrogens (tertiary/aromatic N) is 1. The summed E-state index contributed by atoms with van der Waals surface area (Å²) >= 11 is 0. The lowest BCUT2D eigenvalue weighted by Crippen LogP contribution is -2.23. The van der Waals surface area contributed by atoms with Crippen molar-refractivity contribution in [2.45, 2.75) is 50.5 Å². The molecule has 0 spiro atoms. The van der Waals surface area contributed by atoms with Crippen molar-refractivity contribution in [1.29, 1.82) is 0 Å². The van der Waals surface area contributed by atoms with E-state index in [9.17, 15) is 21.6 Å². The molecular weight excluding hydrogens is 405 g/mol. The van der Waals surface area contributed by atoms with E-state index < -0.39 is 21.8 Å². The van der Waals surface area contributed by atoms with Gasteiger partial charge < -0.3 is 4.74 Å². The van der Waals surface area contributed by atoms with Crippen LogP contribution in [0.2, 0.25) is 0 Å². The van der Waals surface area contributed by atoms with Gasteiger partial charge in [-0.05, 0) is 55.4 Å². The summed E-state index contributed by atoms with van der Waals surface area (Å²) in [6.45, 7) is 0.132. The Hall–Kier alpha value is -2.13. The number of aromatic nitrogens is 1. The van der Waals surface area contributed by atoms with Crippen LogP contribution < -0.4 is 4.72 Å². The number of anilines is 1. The van der Waals surface area contributed by atoms with Crippen molar-refractivity contribution in [2.75, 3.05) is 11.0 Å². The van der Waals surface area contributed by atoms with Gasteiger partial charge in [0.05, 0.1) is 35.9 Å². The Balaban J connectivity index is 1.60. The monoisotopic (exact) mass is 428 g/mol. The van der Waals surface area contributed by atoms with Gasteiger partial charge in [-0.3, -0.25) is 9.71 Å². The molecule has 1 aliphatic rings. The quantitative estimate of drug-likeness (QED) is 0.723. The molecule has 0 unspecified atom stereocenters. The van der Waals surface area contributed by atoms with E-state index in [-0.39, 0.29) is 18.6 Å². The number of hydrogen-bond donors (Lipinski definition) is 1. The van der Waals surface area contributed by atoms with Crippen LogP contribution in [0.1, 0.15) is 48.4 Å². The maximum absolute atomic E-state index is 13.3. The summed E-state index contributed by atoms with van der Waals surface area (Å²) in [4.78, 5) is 4.17. The lowest BCUT2D eigenvalue weighted by atomic mass is 9.81. The summed E-state index contributed by atoms with van der Waals surface area (Å²) in [5.41, 5.74) is 0.627. The summed E-state index contributed by atoms with van der Waals surface area (Å²) in [5.74, 6) is -0.148. The van der Waals surface area contributed by atoms with Gasteiger partial charge in [-0.15, -0.1) is 0 Å². The molecule has 0 radical (unpaired) electrons. The molecule has 1 aromatic heterocycles. The first-order valence-corrected chi connectivity index (χ1v) is 11.2. The molecule has 3 rings (SSSR count). The third-order valence-corrected chi connectivity index (χ3v) is 5.61. The molecule has 158 valence electrons. The number of nitrogens with one attached hydrogen (secondary N) is 1. The lowest BCUT2D eigenvalue weighted by molar-refractivity contribution is -0.138. The molecule has 9 heteroatoms.